The molecule has 110 valence electrons. The topological polar surface area (TPSA) is 41.1 Å². The predicted octanol–water partition coefficient (Wildman–Crippen LogP) is 2.60. The standard InChI is InChI=1S/C17H22N4/c1-2-7-16-15(6-1)19-11-17(20-16)21-10-4-5-13(12-21)14-8-3-9-18-14/h1-2,6-7,11,13-14,18H,3-5,8-10,12H2. The van der Waals surface area contributed by atoms with Crippen molar-refractivity contribution in [1.82, 2.24) is 15.3 Å². The number of anilines is 1. The fourth-order valence-corrected chi connectivity index (χ4v) is 3.76. The number of para-hydroxylation sites is 2. The molecule has 4 nitrogen and oxygen atoms in total. The van der Waals surface area contributed by atoms with Crippen molar-refractivity contribution in [1.29, 1.82) is 0 Å². The van der Waals surface area contributed by atoms with Gasteiger partial charge < -0.3 is 10.2 Å². The van der Waals surface area contributed by atoms with E-state index in [1.165, 1.54) is 32.2 Å². The van der Waals surface area contributed by atoms with E-state index in [1.54, 1.807) is 0 Å². The van der Waals surface area contributed by atoms with Gasteiger partial charge >= 0.3 is 0 Å². The Labute approximate surface area is 125 Å². The predicted molar refractivity (Wildman–Crippen MR) is 85.5 cm³/mol. The van der Waals surface area contributed by atoms with Gasteiger partial charge in [-0.2, -0.15) is 0 Å². The van der Waals surface area contributed by atoms with E-state index in [2.05, 4.69) is 15.2 Å². The van der Waals surface area contributed by atoms with Crippen LogP contribution in [-0.4, -0.2) is 35.6 Å². The summed E-state index contributed by atoms with van der Waals surface area (Å²) < 4.78 is 0. The minimum atomic E-state index is 0.709. The molecule has 2 fully saturated rings. The molecule has 2 saturated heterocycles. The summed E-state index contributed by atoms with van der Waals surface area (Å²) in [6.07, 6.45) is 7.21. The van der Waals surface area contributed by atoms with Crippen molar-refractivity contribution in [3.63, 3.8) is 0 Å². The number of nitrogens with zero attached hydrogens (tertiary/aromatic N) is 3. The lowest BCUT2D eigenvalue weighted by atomic mass is 9.90. The van der Waals surface area contributed by atoms with E-state index in [1.807, 2.05) is 30.5 Å². The first-order valence-electron chi connectivity index (χ1n) is 8.10. The highest BCUT2D eigenvalue weighted by atomic mass is 15.2. The molecule has 0 radical (unpaired) electrons. The van der Waals surface area contributed by atoms with Crippen LogP contribution in [0.25, 0.3) is 11.0 Å². The summed E-state index contributed by atoms with van der Waals surface area (Å²) in [5.74, 6) is 1.80. The minimum absolute atomic E-state index is 0.709. The van der Waals surface area contributed by atoms with Crippen LogP contribution < -0.4 is 10.2 Å². The molecule has 1 aromatic carbocycles. The second kappa shape index (κ2) is 5.60. The monoisotopic (exact) mass is 282 g/mol. The molecule has 0 bridgehead atoms. The van der Waals surface area contributed by atoms with Crippen LogP contribution in [0.2, 0.25) is 0 Å². The van der Waals surface area contributed by atoms with Crippen LogP contribution in [0, 0.1) is 5.92 Å². The molecule has 0 spiro atoms. The van der Waals surface area contributed by atoms with Crippen molar-refractivity contribution in [2.45, 2.75) is 31.7 Å². The van der Waals surface area contributed by atoms with Crippen molar-refractivity contribution in [3.8, 4) is 0 Å². The van der Waals surface area contributed by atoms with Gasteiger partial charge in [0.15, 0.2) is 0 Å². The Hall–Kier alpha value is -1.68. The van der Waals surface area contributed by atoms with E-state index in [-0.39, 0.29) is 0 Å². The second-order valence-electron chi connectivity index (χ2n) is 6.27. The SMILES string of the molecule is c1ccc2nc(N3CCCC(C4CCCN4)C3)cnc2c1. The Morgan fingerprint density at radius 3 is 2.86 bits per heavy atom. The van der Waals surface area contributed by atoms with Gasteiger partial charge in [0, 0.05) is 19.1 Å². The zero-order valence-electron chi connectivity index (χ0n) is 12.3. The van der Waals surface area contributed by atoms with Gasteiger partial charge in [-0.05, 0) is 50.3 Å². The summed E-state index contributed by atoms with van der Waals surface area (Å²) in [5, 5.41) is 3.67. The van der Waals surface area contributed by atoms with Crippen LogP contribution in [0.3, 0.4) is 0 Å². The molecule has 2 atom stereocenters. The van der Waals surface area contributed by atoms with Crippen LogP contribution in [0.4, 0.5) is 5.82 Å². The maximum atomic E-state index is 4.80. The zero-order valence-corrected chi connectivity index (χ0v) is 12.3. The normalized spacial score (nSPS) is 26.4. The third-order valence-corrected chi connectivity index (χ3v) is 4.89. The van der Waals surface area contributed by atoms with Gasteiger partial charge in [-0.1, -0.05) is 12.1 Å². The van der Waals surface area contributed by atoms with E-state index in [0.29, 0.717) is 6.04 Å². The Bertz CT molecular complexity index is 621. The number of fused-ring (bicyclic) bond motifs is 1. The number of benzene rings is 1. The number of rotatable bonds is 2. The first-order valence-corrected chi connectivity index (χ1v) is 8.10. The molecule has 2 aliphatic heterocycles. The number of piperidine rings is 1. The highest BCUT2D eigenvalue weighted by Crippen LogP contribution is 2.27. The average Bonchev–Trinajstić information content (AvgIpc) is 3.09. The summed E-state index contributed by atoms with van der Waals surface area (Å²) in [7, 11) is 0. The van der Waals surface area contributed by atoms with E-state index in [9.17, 15) is 0 Å². The molecule has 2 unspecified atom stereocenters. The number of aromatic nitrogens is 2. The van der Waals surface area contributed by atoms with Crippen molar-refractivity contribution in [2.24, 2.45) is 5.92 Å². The van der Waals surface area contributed by atoms with Crippen molar-refractivity contribution < 1.29 is 0 Å². The largest absolute Gasteiger partial charge is 0.355 e. The van der Waals surface area contributed by atoms with Gasteiger partial charge in [-0.25, -0.2) is 4.98 Å². The van der Waals surface area contributed by atoms with Gasteiger partial charge in [0.05, 0.1) is 17.2 Å². The molecular formula is C17H22N4. The summed E-state index contributed by atoms with van der Waals surface area (Å²) in [6.45, 7) is 3.41. The van der Waals surface area contributed by atoms with Gasteiger partial charge in [-0.3, -0.25) is 4.98 Å². The lowest BCUT2D eigenvalue weighted by Crippen LogP contribution is -2.43. The Kier molecular flexibility index (Phi) is 3.47. The number of hydrogen-bond donors (Lipinski definition) is 1. The lowest BCUT2D eigenvalue weighted by molar-refractivity contribution is 0.328. The first kappa shape index (κ1) is 13.0. The summed E-state index contributed by atoms with van der Waals surface area (Å²) in [4.78, 5) is 11.8. The maximum Gasteiger partial charge on any atom is 0.147 e. The number of hydrogen-bond acceptors (Lipinski definition) is 4. The smallest absolute Gasteiger partial charge is 0.147 e. The highest BCUT2D eigenvalue weighted by molar-refractivity contribution is 5.75. The van der Waals surface area contributed by atoms with Crippen LogP contribution in [-0.2, 0) is 0 Å². The first-order chi connectivity index (χ1) is 10.4. The zero-order chi connectivity index (χ0) is 14.1. The molecule has 21 heavy (non-hydrogen) atoms. The van der Waals surface area contributed by atoms with Crippen LogP contribution in [0.15, 0.2) is 30.5 Å². The molecule has 2 aliphatic rings. The van der Waals surface area contributed by atoms with Crippen LogP contribution in [0.1, 0.15) is 25.7 Å². The van der Waals surface area contributed by atoms with E-state index in [4.69, 9.17) is 4.98 Å². The molecule has 4 rings (SSSR count). The Morgan fingerprint density at radius 1 is 1.10 bits per heavy atom. The average molecular weight is 282 g/mol. The van der Waals surface area contributed by atoms with Crippen LogP contribution in [0.5, 0.6) is 0 Å². The van der Waals surface area contributed by atoms with Gasteiger partial charge in [0.2, 0.25) is 0 Å². The molecule has 4 heteroatoms. The van der Waals surface area contributed by atoms with E-state index >= 15 is 0 Å². The molecule has 1 N–H and O–H groups in total. The van der Waals surface area contributed by atoms with Crippen molar-refractivity contribution in [2.75, 3.05) is 24.5 Å². The third-order valence-electron chi connectivity index (χ3n) is 4.89. The summed E-state index contributed by atoms with van der Waals surface area (Å²) in [6, 6.07) is 8.82. The lowest BCUT2D eigenvalue weighted by Gasteiger charge is -2.36. The summed E-state index contributed by atoms with van der Waals surface area (Å²) in [5.41, 5.74) is 1.98. The third kappa shape index (κ3) is 2.60. The molecular weight excluding hydrogens is 260 g/mol. The van der Waals surface area contributed by atoms with E-state index in [0.717, 1.165) is 35.9 Å². The Morgan fingerprint density at radius 2 is 2.00 bits per heavy atom. The van der Waals surface area contributed by atoms with Crippen LogP contribution >= 0.6 is 0 Å². The fourth-order valence-electron chi connectivity index (χ4n) is 3.76. The van der Waals surface area contributed by atoms with Gasteiger partial charge in [0.25, 0.3) is 0 Å². The van der Waals surface area contributed by atoms with Gasteiger partial charge in [-0.15, -0.1) is 0 Å². The molecule has 3 heterocycles. The molecule has 2 aromatic rings. The highest BCUT2D eigenvalue weighted by Gasteiger charge is 2.29. The molecule has 0 amide bonds. The second-order valence-corrected chi connectivity index (χ2v) is 6.27. The quantitative estimate of drug-likeness (QED) is 0.919. The molecule has 1 aromatic heterocycles. The number of nitrogens with one attached hydrogen (secondary N) is 1. The maximum absolute atomic E-state index is 4.80. The van der Waals surface area contributed by atoms with E-state index < -0.39 is 0 Å². The van der Waals surface area contributed by atoms with Gasteiger partial charge in [0.1, 0.15) is 5.82 Å². The minimum Gasteiger partial charge on any atom is -0.355 e. The molecule has 0 aliphatic carbocycles. The Balaban J connectivity index is 1.56. The van der Waals surface area contributed by atoms with Crippen molar-refractivity contribution >= 4 is 16.9 Å². The summed E-state index contributed by atoms with van der Waals surface area (Å²) >= 11 is 0. The fraction of sp³-hybridized carbons (Fsp3) is 0.529. The van der Waals surface area contributed by atoms with Crippen molar-refractivity contribution in [3.05, 3.63) is 30.5 Å². The molecule has 0 saturated carbocycles.